The molecule has 2 aromatic rings. The summed E-state index contributed by atoms with van der Waals surface area (Å²) >= 11 is 5.96. The molecule has 1 N–H and O–H groups in total. The van der Waals surface area contributed by atoms with E-state index in [0.29, 0.717) is 5.69 Å². The smallest absolute Gasteiger partial charge is 0.270 e. The molecule has 1 heterocycles. The molecule has 0 atom stereocenters. The Morgan fingerprint density at radius 1 is 1.15 bits per heavy atom. The molecular weight excluding hydrogens is 361 g/mol. The lowest BCUT2D eigenvalue weighted by Gasteiger charge is -2.29. The molecule has 0 unspecified atom stereocenters. The van der Waals surface area contributed by atoms with Crippen LogP contribution in [0.4, 0.5) is 21.5 Å². The Morgan fingerprint density at radius 2 is 1.88 bits per heavy atom. The summed E-state index contributed by atoms with van der Waals surface area (Å²) in [6.45, 7) is 1.62. The number of anilines is 2. The molecule has 1 fully saturated rings. The number of nitrogens with zero attached hydrogens (tertiary/aromatic N) is 2. The third-order valence-corrected chi connectivity index (χ3v) is 4.64. The summed E-state index contributed by atoms with van der Waals surface area (Å²) in [5.74, 6) is -1.06. The van der Waals surface area contributed by atoms with Crippen molar-refractivity contribution in [2.24, 2.45) is 0 Å². The highest BCUT2D eigenvalue weighted by Gasteiger charge is 2.18. The molecule has 0 aromatic heterocycles. The Balaban J connectivity index is 1.78. The van der Waals surface area contributed by atoms with Crippen LogP contribution in [-0.2, 0) is 0 Å². The van der Waals surface area contributed by atoms with Gasteiger partial charge in [0.25, 0.3) is 11.6 Å². The van der Waals surface area contributed by atoms with E-state index >= 15 is 0 Å². The lowest BCUT2D eigenvalue weighted by molar-refractivity contribution is -0.384. The number of piperidine rings is 1. The minimum absolute atomic E-state index is 0.0404. The molecule has 0 spiro atoms. The van der Waals surface area contributed by atoms with Gasteiger partial charge in [-0.2, -0.15) is 0 Å². The number of carbonyl (C=O) groups is 1. The molecule has 1 aliphatic rings. The maximum atomic E-state index is 14.4. The lowest BCUT2D eigenvalue weighted by atomic mass is 10.1. The first-order valence-corrected chi connectivity index (χ1v) is 8.63. The molecule has 136 valence electrons. The molecule has 1 amide bonds. The highest BCUT2D eigenvalue weighted by molar-refractivity contribution is 6.34. The van der Waals surface area contributed by atoms with Crippen molar-refractivity contribution in [2.75, 3.05) is 23.3 Å². The number of nitrogens with one attached hydrogen (secondary N) is 1. The number of halogens is 2. The first kappa shape index (κ1) is 18.1. The molecular formula is C18H17ClFN3O3. The van der Waals surface area contributed by atoms with E-state index < -0.39 is 16.6 Å². The number of non-ortho nitro benzene ring substituents is 1. The van der Waals surface area contributed by atoms with Crippen LogP contribution in [0.1, 0.15) is 29.6 Å². The summed E-state index contributed by atoms with van der Waals surface area (Å²) in [5, 5.41) is 13.5. The molecule has 3 rings (SSSR count). The Labute approximate surface area is 154 Å². The van der Waals surface area contributed by atoms with Crippen LogP contribution in [0.25, 0.3) is 0 Å². The predicted octanol–water partition coefficient (Wildman–Crippen LogP) is 4.63. The number of nitro benzene ring substituents is 1. The van der Waals surface area contributed by atoms with E-state index in [1.165, 1.54) is 18.2 Å². The maximum absolute atomic E-state index is 14.4. The summed E-state index contributed by atoms with van der Waals surface area (Å²) in [4.78, 5) is 24.6. The zero-order chi connectivity index (χ0) is 18.7. The van der Waals surface area contributed by atoms with Crippen molar-refractivity contribution in [3.05, 3.63) is 62.9 Å². The molecule has 26 heavy (non-hydrogen) atoms. The van der Waals surface area contributed by atoms with Crippen LogP contribution < -0.4 is 10.2 Å². The zero-order valence-electron chi connectivity index (χ0n) is 13.9. The Bertz CT molecular complexity index is 854. The second kappa shape index (κ2) is 7.70. The van der Waals surface area contributed by atoms with E-state index in [4.69, 9.17) is 11.6 Å². The van der Waals surface area contributed by atoms with E-state index in [9.17, 15) is 19.3 Å². The van der Waals surface area contributed by atoms with Crippen LogP contribution in [0.5, 0.6) is 0 Å². The third kappa shape index (κ3) is 3.94. The number of rotatable bonds is 4. The van der Waals surface area contributed by atoms with Gasteiger partial charge in [0.15, 0.2) is 0 Å². The number of nitro groups is 1. The molecule has 6 nitrogen and oxygen atoms in total. The lowest BCUT2D eigenvalue weighted by Crippen LogP contribution is -2.30. The average Bonchev–Trinajstić information content (AvgIpc) is 2.62. The van der Waals surface area contributed by atoms with Crippen molar-refractivity contribution in [3.63, 3.8) is 0 Å². The van der Waals surface area contributed by atoms with Crippen molar-refractivity contribution in [1.82, 2.24) is 0 Å². The summed E-state index contributed by atoms with van der Waals surface area (Å²) in [5.41, 5.74) is 0.486. The second-order valence-corrected chi connectivity index (χ2v) is 6.50. The molecule has 1 saturated heterocycles. The van der Waals surface area contributed by atoms with Gasteiger partial charge < -0.3 is 10.2 Å². The van der Waals surface area contributed by atoms with Gasteiger partial charge in [-0.3, -0.25) is 14.9 Å². The van der Waals surface area contributed by atoms with E-state index in [2.05, 4.69) is 5.32 Å². The first-order chi connectivity index (χ1) is 12.5. The van der Waals surface area contributed by atoms with Gasteiger partial charge in [0.2, 0.25) is 0 Å². The van der Waals surface area contributed by atoms with Crippen LogP contribution in [0.2, 0.25) is 5.02 Å². The minimum Gasteiger partial charge on any atom is -0.369 e. The van der Waals surface area contributed by atoms with Gasteiger partial charge in [0.05, 0.1) is 21.2 Å². The summed E-state index contributed by atoms with van der Waals surface area (Å²) in [6.07, 6.45) is 3.21. The molecule has 8 heteroatoms. The van der Waals surface area contributed by atoms with Crippen LogP contribution in [0.3, 0.4) is 0 Å². The SMILES string of the molecule is O=C(Nc1ccc(N2CCCCC2)c(F)c1)c1cc([N+](=O)[O-])ccc1Cl. The van der Waals surface area contributed by atoms with Gasteiger partial charge >= 0.3 is 0 Å². The van der Waals surface area contributed by atoms with Crippen molar-refractivity contribution in [2.45, 2.75) is 19.3 Å². The standard InChI is InChI=1S/C18H17ClFN3O3/c19-15-6-5-13(23(25)26)11-14(15)18(24)21-12-4-7-17(16(20)10-12)22-8-2-1-3-9-22/h4-7,10-11H,1-3,8-9H2,(H,21,24). The highest BCUT2D eigenvalue weighted by atomic mass is 35.5. The molecule has 0 aliphatic carbocycles. The van der Waals surface area contributed by atoms with E-state index in [0.717, 1.165) is 38.4 Å². The van der Waals surface area contributed by atoms with Crippen LogP contribution in [0.15, 0.2) is 36.4 Å². The van der Waals surface area contributed by atoms with Crippen molar-refractivity contribution in [3.8, 4) is 0 Å². The second-order valence-electron chi connectivity index (χ2n) is 6.09. The van der Waals surface area contributed by atoms with Gasteiger partial charge in [0.1, 0.15) is 5.82 Å². The summed E-state index contributed by atoms with van der Waals surface area (Å²) < 4.78 is 14.4. The minimum atomic E-state index is -0.635. The number of amides is 1. The number of benzene rings is 2. The highest BCUT2D eigenvalue weighted by Crippen LogP contribution is 2.27. The third-order valence-electron chi connectivity index (χ3n) is 4.31. The number of carbonyl (C=O) groups excluding carboxylic acids is 1. The summed E-state index contributed by atoms with van der Waals surface area (Å²) in [7, 11) is 0. The molecule has 0 radical (unpaired) electrons. The van der Waals surface area contributed by atoms with E-state index in [1.54, 1.807) is 12.1 Å². The maximum Gasteiger partial charge on any atom is 0.270 e. The molecule has 0 bridgehead atoms. The fourth-order valence-electron chi connectivity index (χ4n) is 2.98. The van der Waals surface area contributed by atoms with Crippen LogP contribution in [0, 0.1) is 15.9 Å². The average molecular weight is 378 g/mol. The summed E-state index contributed by atoms with van der Waals surface area (Å²) in [6, 6.07) is 8.07. The van der Waals surface area contributed by atoms with E-state index in [1.807, 2.05) is 4.90 Å². The Morgan fingerprint density at radius 3 is 2.54 bits per heavy atom. The van der Waals surface area contributed by atoms with Gasteiger partial charge in [0, 0.05) is 30.9 Å². The molecule has 1 aliphatic heterocycles. The predicted molar refractivity (Wildman–Crippen MR) is 98.5 cm³/mol. The first-order valence-electron chi connectivity index (χ1n) is 8.25. The zero-order valence-corrected chi connectivity index (χ0v) is 14.6. The Hall–Kier alpha value is -2.67. The molecule has 2 aromatic carbocycles. The monoisotopic (exact) mass is 377 g/mol. The Kier molecular flexibility index (Phi) is 5.37. The fourth-order valence-corrected chi connectivity index (χ4v) is 3.18. The van der Waals surface area contributed by atoms with Crippen molar-refractivity contribution in [1.29, 1.82) is 0 Å². The van der Waals surface area contributed by atoms with Crippen LogP contribution in [-0.4, -0.2) is 23.9 Å². The topological polar surface area (TPSA) is 75.5 Å². The quantitative estimate of drug-likeness (QED) is 0.622. The van der Waals surface area contributed by atoms with Gasteiger partial charge in [-0.25, -0.2) is 4.39 Å². The number of hydrogen-bond donors (Lipinski definition) is 1. The molecule has 0 saturated carbocycles. The van der Waals surface area contributed by atoms with Gasteiger partial charge in [-0.05, 0) is 43.5 Å². The van der Waals surface area contributed by atoms with Crippen molar-refractivity contribution >= 4 is 34.6 Å². The normalized spacial score (nSPS) is 14.2. The van der Waals surface area contributed by atoms with Gasteiger partial charge in [-0.1, -0.05) is 11.6 Å². The number of hydrogen-bond acceptors (Lipinski definition) is 4. The fraction of sp³-hybridized carbons (Fsp3) is 0.278. The van der Waals surface area contributed by atoms with Crippen molar-refractivity contribution < 1.29 is 14.1 Å². The van der Waals surface area contributed by atoms with E-state index in [-0.39, 0.29) is 22.0 Å². The van der Waals surface area contributed by atoms with Crippen LogP contribution >= 0.6 is 11.6 Å². The van der Waals surface area contributed by atoms with Gasteiger partial charge in [-0.15, -0.1) is 0 Å². The largest absolute Gasteiger partial charge is 0.369 e.